The molecule has 14 heavy (non-hydrogen) atoms. The van der Waals surface area contributed by atoms with Crippen LogP contribution in [0.5, 0.6) is 0 Å². The van der Waals surface area contributed by atoms with E-state index in [1.807, 2.05) is 6.07 Å². The van der Waals surface area contributed by atoms with Gasteiger partial charge in [0.05, 0.1) is 6.61 Å². The van der Waals surface area contributed by atoms with Gasteiger partial charge in [-0.25, -0.2) is 4.39 Å². The molecule has 0 spiro atoms. The van der Waals surface area contributed by atoms with Gasteiger partial charge in [-0.3, -0.25) is 0 Å². The van der Waals surface area contributed by atoms with Gasteiger partial charge < -0.3 is 10.4 Å². The molecular weight excluding hydrogens is 181 g/mol. The lowest BCUT2D eigenvalue weighted by Crippen LogP contribution is -2.24. The van der Waals surface area contributed by atoms with E-state index in [0.717, 1.165) is 18.5 Å². The predicted octanol–water partition coefficient (Wildman–Crippen LogP) is 1.06. The Morgan fingerprint density at radius 1 is 1.64 bits per heavy atom. The number of rotatable bonds is 2. The largest absolute Gasteiger partial charge is 0.395 e. The van der Waals surface area contributed by atoms with Crippen LogP contribution in [-0.2, 0) is 0 Å². The Morgan fingerprint density at radius 3 is 3.14 bits per heavy atom. The van der Waals surface area contributed by atoms with Crippen molar-refractivity contribution < 1.29 is 9.50 Å². The summed E-state index contributed by atoms with van der Waals surface area (Å²) >= 11 is 0. The van der Waals surface area contributed by atoms with Crippen molar-refractivity contribution in [1.82, 2.24) is 5.32 Å². The summed E-state index contributed by atoms with van der Waals surface area (Å²) in [6.45, 7) is 0.965. The third kappa shape index (κ3) is 1.94. The zero-order chi connectivity index (χ0) is 9.97. The minimum Gasteiger partial charge on any atom is -0.395 e. The molecule has 3 heteroatoms. The monoisotopic (exact) mass is 194 g/mol. The van der Waals surface area contributed by atoms with E-state index in [1.54, 1.807) is 6.07 Å². The second kappa shape index (κ2) is 4.07. The number of nitrogens with one attached hydrogen (secondary N) is 1. The van der Waals surface area contributed by atoms with Gasteiger partial charge in [0.2, 0.25) is 0 Å². The Balaban J connectivity index is 2.09. The normalized spacial score (nSPS) is 26.7. The molecule has 0 amide bonds. The molecule has 0 aliphatic carbocycles. The third-order valence-electron chi connectivity index (χ3n) is 2.70. The van der Waals surface area contributed by atoms with E-state index < -0.39 is 0 Å². The summed E-state index contributed by atoms with van der Waals surface area (Å²) in [7, 11) is 0. The molecule has 1 aromatic rings. The van der Waals surface area contributed by atoms with Crippen LogP contribution in [-0.4, -0.2) is 24.3 Å². The summed E-state index contributed by atoms with van der Waals surface area (Å²) in [4.78, 5) is 0. The first kappa shape index (κ1) is 9.62. The summed E-state index contributed by atoms with van der Waals surface area (Å²) in [5.41, 5.74) is 0.990. The van der Waals surface area contributed by atoms with Gasteiger partial charge in [-0.05, 0) is 24.0 Å². The van der Waals surface area contributed by atoms with Crippen molar-refractivity contribution in [1.29, 1.82) is 0 Å². The van der Waals surface area contributed by atoms with E-state index in [2.05, 4.69) is 11.4 Å². The Kier molecular flexibility index (Phi) is 2.79. The minimum atomic E-state index is -0.310. The molecule has 0 bridgehead atoms. The van der Waals surface area contributed by atoms with Gasteiger partial charge in [0.1, 0.15) is 5.82 Å². The molecule has 2 nitrogen and oxygen atoms in total. The molecule has 1 fully saturated rings. The highest BCUT2D eigenvalue weighted by atomic mass is 19.1. The van der Waals surface area contributed by atoms with E-state index in [9.17, 15) is 4.39 Å². The van der Waals surface area contributed by atoms with Crippen LogP contribution in [0, 0.1) is 11.9 Å². The Morgan fingerprint density at radius 2 is 2.50 bits per heavy atom. The van der Waals surface area contributed by atoms with Crippen LogP contribution in [0.25, 0.3) is 0 Å². The molecule has 1 saturated heterocycles. The van der Waals surface area contributed by atoms with Crippen LogP contribution >= 0.6 is 0 Å². The highest BCUT2D eigenvalue weighted by molar-refractivity contribution is 5.22. The van der Waals surface area contributed by atoms with Crippen molar-refractivity contribution in [2.45, 2.75) is 18.4 Å². The second-order valence-electron chi connectivity index (χ2n) is 3.69. The van der Waals surface area contributed by atoms with Crippen molar-refractivity contribution >= 4 is 0 Å². The molecule has 1 aliphatic heterocycles. The lowest BCUT2D eigenvalue weighted by atomic mass is 9.96. The number of aliphatic hydroxyl groups is 1. The van der Waals surface area contributed by atoms with Crippen LogP contribution in [0.15, 0.2) is 18.2 Å². The SMILES string of the molecule is OC[C@@H]1C[C@@H](c2cc[c]c(F)c2)CN1. The molecule has 2 atom stereocenters. The fraction of sp³-hybridized carbons (Fsp3) is 0.455. The van der Waals surface area contributed by atoms with Crippen LogP contribution in [0.2, 0.25) is 0 Å². The van der Waals surface area contributed by atoms with Crippen molar-refractivity contribution in [3.05, 3.63) is 35.6 Å². The van der Waals surface area contributed by atoms with Gasteiger partial charge in [0.25, 0.3) is 0 Å². The maximum absolute atomic E-state index is 12.9. The summed E-state index contributed by atoms with van der Waals surface area (Å²) in [5.74, 6) is 0.00574. The topological polar surface area (TPSA) is 32.3 Å². The summed E-state index contributed by atoms with van der Waals surface area (Å²) in [6, 6.07) is 7.66. The molecule has 2 N–H and O–H groups in total. The first-order valence-corrected chi connectivity index (χ1v) is 4.81. The van der Waals surface area contributed by atoms with E-state index >= 15 is 0 Å². The zero-order valence-electron chi connectivity index (χ0n) is 7.83. The van der Waals surface area contributed by atoms with E-state index in [-0.39, 0.29) is 18.5 Å². The Labute approximate surface area is 82.8 Å². The second-order valence-corrected chi connectivity index (χ2v) is 3.69. The fourth-order valence-corrected chi connectivity index (χ4v) is 1.92. The lowest BCUT2D eigenvalue weighted by Gasteiger charge is -2.08. The Bertz CT molecular complexity index is 316. The van der Waals surface area contributed by atoms with Gasteiger partial charge in [0.15, 0.2) is 0 Å². The molecular formula is C11H13FNO. The first-order valence-electron chi connectivity index (χ1n) is 4.81. The highest BCUT2D eigenvalue weighted by Gasteiger charge is 2.24. The van der Waals surface area contributed by atoms with Crippen LogP contribution in [0.1, 0.15) is 17.9 Å². The average Bonchev–Trinajstić information content (AvgIpc) is 2.66. The van der Waals surface area contributed by atoms with Gasteiger partial charge >= 0.3 is 0 Å². The van der Waals surface area contributed by atoms with E-state index in [4.69, 9.17) is 5.11 Å². The minimum absolute atomic E-state index is 0.151. The summed E-state index contributed by atoms with van der Waals surface area (Å²) in [5, 5.41) is 12.1. The first-order chi connectivity index (χ1) is 6.79. The van der Waals surface area contributed by atoms with Crippen molar-refractivity contribution in [2.24, 2.45) is 0 Å². The summed E-state index contributed by atoms with van der Waals surface area (Å²) < 4.78 is 12.9. The Hall–Kier alpha value is -0.930. The molecule has 1 aromatic carbocycles. The van der Waals surface area contributed by atoms with Gasteiger partial charge in [0, 0.05) is 18.7 Å². The molecule has 75 valence electrons. The number of benzene rings is 1. The molecule has 0 unspecified atom stereocenters. The van der Waals surface area contributed by atoms with Crippen molar-refractivity contribution in [3.8, 4) is 0 Å². The molecule has 0 aromatic heterocycles. The molecule has 0 saturated carbocycles. The third-order valence-corrected chi connectivity index (χ3v) is 2.70. The fourth-order valence-electron chi connectivity index (χ4n) is 1.92. The number of hydrogen-bond donors (Lipinski definition) is 2. The average molecular weight is 194 g/mol. The zero-order valence-corrected chi connectivity index (χ0v) is 7.83. The van der Waals surface area contributed by atoms with E-state index in [0.29, 0.717) is 5.92 Å². The van der Waals surface area contributed by atoms with E-state index in [1.165, 1.54) is 6.07 Å². The van der Waals surface area contributed by atoms with Crippen LogP contribution in [0.3, 0.4) is 0 Å². The number of aliphatic hydroxyl groups excluding tert-OH is 1. The van der Waals surface area contributed by atoms with Crippen LogP contribution in [0.4, 0.5) is 4.39 Å². The maximum Gasteiger partial charge on any atom is 0.131 e. The molecule has 1 radical (unpaired) electrons. The highest BCUT2D eigenvalue weighted by Crippen LogP contribution is 2.25. The van der Waals surface area contributed by atoms with Gasteiger partial charge in [-0.15, -0.1) is 0 Å². The summed E-state index contributed by atoms with van der Waals surface area (Å²) in [6.07, 6.45) is 0.875. The number of hydrogen-bond acceptors (Lipinski definition) is 2. The number of halogens is 1. The smallest absolute Gasteiger partial charge is 0.131 e. The van der Waals surface area contributed by atoms with Crippen molar-refractivity contribution in [2.75, 3.05) is 13.2 Å². The van der Waals surface area contributed by atoms with Crippen LogP contribution < -0.4 is 5.32 Å². The lowest BCUT2D eigenvalue weighted by molar-refractivity contribution is 0.254. The molecule has 2 rings (SSSR count). The van der Waals surface area contributed by atoms with Crippen molar-refractivity contribution in [3.63, 3.8) is 0 Å². The molecule has 1 aliphatic rings. The van der Waals surface area contributed by atoms with Gasteiger partial charge in [-0.2, -0.15) is 0 Å². The van der Waals surface area contributed by atoms with Gasteiger partial charge in [-0.1, -0.05) is 12.1 Å². The standard InChI is InChI=1S/C11H13FNO/c12-10-3-1-2-8(4-10)9-5-11(7-14)13-6-9/h1-2,4,9,11,13-14H,5-7H2/t9-,11+/m1/s1. The quantitative estimate of drug-likeness (QED) is 0.738. The maximum atomic E-state index is 12.9. The molecule has 1 heterocycles. The predicted molar refractivity (Wildman–Crippen MR) is 51.5 cm³/mol.